The minimum Gasteiger partial charge on any atom is -0.371 e. The lowest BCUT2D eigenvalue weighted by Gasteiger charge is -2.53. The Balaban J connectivity index is 2.52. The fourth-order valence-corrected chi connectivity index (χ4v) is 3.36. The van der Waals surface area contributed by atoms with Gasteiger partial charge in [0.05, 0.1) is 10.7 Å². The number of anilines is 1. The number of carbonyl (C=O) groups excluding carboxylic acids is 1. The first-order valence-electron chi connectivity index (χ1n) is 6.79. The van der Waals surface area contributed by atoms with Crippen LogP contribution >= 0.6 is 11.6 Å². The van der Waals surface area contributed by atoms with Gasteiger partial charge in [0, 0.05) is 18.5 Å². The third-order valence-corrected chi connectivity index (χ3v) is 4.13. The van der Waals surface area contributed by atoms with Crippen LogP contribution in [0.5, 0.6) is 0 Å². The summed E-state index contributed by atoms with van der Waals surface area (Å²) in [6, 6.07) is 6.86. The molecule has 1 aromatic rings. The first-order chi connectivity index (χ1) is 9.20. The molecule has 1 heterocycles. The van der Waals surface area contributed by atoms with E-state index in [4.69, 9.17) is 11.6 Å². The highest BCUT2D eigenvalue weighted by Crippen LogP contribution is 2.40. The summed E-state index contributed by atoms with van der Waals surface area (Å²) in [5, 5.41) is 11.2. The van der Waals surface area contributed by atoms with E-state index < -0.39 is 11.3 Å². The van der Waals surface area contributed by atoms with Gasteiger partial charge < -0.3 is 10.0 Å². The van der Waals surface area contributed by atoms with Crippen molar-refractivity contribution in [2.75, 3.05) is 11.4 Å². The monoisotopic (exact) mass is 296 g/mol. The summed E-state index contributed by atoms with van der Waals surface area (Å²) in [5.74, 6) is 0. The number of amides is 2. The van der Waals surface area contributed by atoms with Crippen molar-refractivity contribution < 1.29 is 9.90 Å². The van der Waals surface area contributed by atoms with Crippen LogP contribution in [0.25, 0.3) is 0 Å². The molecule has 0 radical (unpaired) electrons. The molecule has 1 N–H and O–H groups in total. The van der Waals surface area contributed by atoms with Gasteiger partial charge >= 0.3 is 6.03 Å². The van der Waals surface area contributed by atoms with Gasteiger partial charge in [-0.2, -0.15) is 0 Å². The summed E-state index contributed by atoms with van der Waals surface area (Å²) in [7, 11) is 0. The van der Waals surface area contributed by atoms with E-state index in [1.807, 2.05) is 20.8 Å². The van der Waals surface area contributed by atoms with Gasteiger partial charge in [0.25, 0.3) is 0 Å². The summed E-state index contributed by atoms with van der Waals surface area (Å²) < 4.78 is 0. The molecule has 1 saturated heterocycles. The van der Waals surface area contributed by atoms with Crippen LogP contribution in [0, 0.1) is 0 Å². The molecule has 1 aromatic carbocycles. The SMILES string of the molecule is CCN1C(=O)N(c2ccccc2Cl)C(C)(O)CC1(C)C. The first kappa shape index (κ1) is 15.1. The van der Waals surface area contributed by atoms with Crippen LogP contribution in [-0.4, -0.2) is 33.8 Å². The Bertz CT molecular complexity index is 528. The lowest BCUT2D eigenvalue weighted by molar-refractivity contribution is -0.0238. The molecule has 0 spiro atoms. The Hall–Kier alpha value is -1.26. The van der Waals surface area contributed by atoms with Crippen molar-refractivity contribution in [3.8, 4) is 0 Å². The molecule has 0 saturated carbocycles. The Morgan fingerprint density at radius 3 is 2.45 bits per heavy atom. The minimum absolute atomic E-state index is 0.221. The van der Waals surface area contributed by atoms with E-state index in [0.717, 1.165) is 0 Å². The quantitative estimate of drug-likeness (QED) is 0.908. The number of halogens is 1. The van der Waals surface area contributed by atoms with Crippen LogP contribution in [0.2, 0.25) is 5.02 Å². The van der Waals surface area contributed by atoms with Gasteiger partial charge in [-0.1, -0.05) is 23.7 Å². The molecule has 0 aliphatic carbocycles. The molecule has 4 nitrogen and oxygen atoms in total. The lowest BCUT2D eigenvalue weighted by Crippen LogP contribution is -2.68. The summed E-state index contributed by atoms with van der Waals surface area (Å²) in [5.41, 5.74) is -1.12. The maximum Gasteiger partial charge on any atom is 0.327 e. The van der Waals surface area contributed by atoms with Crippen LogP contribution in [0.4, 0.5) is 10.5 Å². The summed E-state index contributed by atoms with van der Waals surface area (Å²) in [6.07, 6.45) is 0.449. The zero-order chi connectivity index (χ0) is 15.1. The molecule has 1 fully saturated rings. The number of carbonyl (C=O) groups is 1. The smallest absolute Gasteiger partial charge is 0.327 e. The molecule has 2 rings (SSSR count). The largest absolute Gasteiger partial charge is 0.371 e. The molecule has 20 heavy (non-hydrogen) atoms. The number of nitrogens with zero attached hydrogens (tertiary/aromatic N) is 2. The van der Waals surface area contributed by atoms with Gasteiger partial charge in [0.1, 0.15) is 5.72 Å². The molecular weight excluding hydrogens is 276 g/mol. The van der Waals surface area contributed by atoms with Crippen molar-refractivity contribution in [2.45, 2.75) is 45.4 Å². The number of rotatable bonds is 2. The average Bonchev–Trinajstić information content (AvgIpc) is 2.29. The van der Waals surface area contributed by atoms with Crippen LogP contribution in [0.3, 0.4) is 0 Å². The third kappa shape index (κ3) is 2.38. The summed E-state index contributed by atoms with van der Waals surface area (Å²) >= 11 is 6.19. The first-order valence-corrected chi connectivity index (χ1v) is 7.17. The van der Waals surface area contributed by atoms with E-state index in [1.165, 1.54) is 4.90 Å². The van der Waals surface area contributed by atoms with Gasteiger partial charge in [-0.05, 0) is 39.8 Å². The van der Waals surface area contributed by atoms with E-state index >= 15 is 0 Å². The molecule has 1 unspecified atom stereocenters. The van der Waals surface area contributed by atoms with Crippen molar-refractivity contribution in [3.05, 3.63) is 29.3 Å². The zero-order valence-corrected chi connectivity index (χ0v) is 13.1. The molecule has 0 bridgehead atoms. The Morgan fingerprint density at radius 2 is 1.90 bits per heavy atom. The molecule has 5 heteroatoms. The van der Waals surface area contributed by atoms with Crippen LogP contribution in [0.15, 0.2) is 24.3 Å². The van der Waals surface area contributed by atoms with Gasteiger partial charge in [-0.25, -0.2) is 4.79 Å². The van der Waals surface area contributed by atoms with Gasteiger partial charge in [0.15, 0.2) is 0 Å². The number of para-hydroxylation sites is 1. The van der Waals surface area contributed by atoms with Crippen molar-refractivity contribution in [3.63, 3.8) is 0 Å². The summed E-state index contributed by atoms with van der Waals surface area (Å²) in [6.45, 7) is 8.11. The van der Waals surface area contributed by atoms with Crippen LogP contribution in [0.1, 0.15) is 34.1 Å². The van der Waals surface area contributed by atoms with E-state index in [2.05, 4.69) is 0 Å². The molecule has 0 aromatic heterocycles. The van der Waals surface area contributed by atoms with Crippen molar-refractivity contribution in [1.29, 1.82) is 0 Å². The third-order valence-electron chi connectivity index (χ3n) is 3.81. The number of hydrogen-bond donors (Lipinski definition) is 1. The second-order valence-corrected chi connectivity index (χ2v) is 6.43. The highest BCUT2D eigenvalue weighted by atomic mass is 35.5. The second kappa shape index (κ2) is 4.93. The number of urea groups is 1. The predicted molar refractivity (Wildman–Crippen MR) is 81.0 cm³/mol. The van der Waals surface area contributed by atoms with E-state index in [9.17, 15) is 9.90 Å². The molecule has 1 aliphatic heterocycles. The Kier molecular flexibility index (Phi) is 3.73. The van der Waals surface area contributed by atoms with Crippen LogP contribution < -0.4 is 4.90 Å². The maximum atomic E-state index is 12.8. The van der Waals surface area contributed by atoms with Gasteiger partial charge in [-0.15, -0.1) is 0 Å². The fourth-order valence-electron chi connectivity index (χ4n) is 3.14. The van der Waals surface area contributed by atoms with Crippen molar-refractivity contribution >= 4 is 23.3 Å². The van der Waals surface area contributed by atoms with Crippen molar-refractivity contribution in [1.82, 2.24) is 4.90 Å². The highest BCUT2D eigenvalue weighted by molar-refractivity contribution is 6.33. The van der Waals surface area contributed by atoms with Gasteiger partial charge in [-0.3, -0.25) is 4.90 Å². The number of hydrogen-bond acceptors (Lipinski definition) is 2. The zero-order valence-electron chi connectivity index (χ0n) is 12.4. The predicted octanol–water partition coefficient (Wildman–Crippen LogP) is 3.48. The minimum atomic E-state index is -1.27. The van der Waals surface area contributed by atoms with Crippen molar-refractivity contribution in [2.24, 2.45) is 0 Å². The highest BCUT2D eigenvalue weighted by Gasteiger charge is 2.50. The maximum absolute atomic E-state index is 12.8. The summed E-state index contributed by atoms with van der Waals surface area (Å²) in [4.78, 5) is 15.9. The number of benzene rings is 1. The normalized spacial score (nSPS) is 26.0. The lowest BCUT2D eigenvalue weighted by atomic mass is 9.87. The Morgan fingerprint density at radius 1 is 1.30 bits per heavy atom. The fraction of sp³-hybridized carbons (Fsp3) is 0.533. The standard InChI is InChI=1S/C15H21ClN2O2/c1-5-17-13(19)18(12-9-7-6-8-11(12)16)15(4,20)10-14(17,2)3/h6-9,20H,5,10H2,1-4H3. The molecule has 2 amide bonds. The molecule has 110 valence electrons. The average molecular weight is 297 g/mol. The van der Waals surface area contributed by atoms with Gasteiger partial charge in [0.2, 0.25) is 0 Å². The Labute approximate surface area is 124 Å². The van der Waals surface area contributed by atoms with E-state index in [1.54, 1.807) is 36.1 Å². The second-order valence-electron chi connectivity index (χ2n) is 6.02. The molecule has 1 atom stereocenters. The molecule has 1 aliphatic rings. The topological polar surface area (TPSA) is 43.8 Å². The van der Waals surface area contributed by atoms with E-state index in [0.29, 0.717) is 23.7 Å². The van der Waals surface area contributed by atoms with Crippen LogP contribution in [-0.2, 0) is 0 Å². The number of aliphatic hydroxyl groups is 1. The molecular formula is C15H21ClN2O2. The van der Waals surface area contributed by atoms with E-state index in [-0.39, 0.29) is 6.03 Å².